The molecule has 1 rings (SSSR count). The number of aliphatic hydroxyl groups excluding tert-OH is 1. The molecule has 0 aromatic carbocycles. The number of carboxylic acid groups (broad SMARTS) is 1. The lowest BCUT2D eigenvalue weighted by Crippen LogP contribution is -2.57. The molecule has 0 amide bonds. The van der Waals surface area contributed by atoms with Gasteiger partial charge < -0.3 is 10.2 Å². The number of carboxylic acids is 1. The smallest absolute Gasteiger partial charge is 0.320 e. The van der Waals surface area contributed by atoms with Gasteiger partial charge in [-0.1, -0.05) is 33.1 Å². The number of hydrogen-bond acceptors (Lipinski definition) is 3. The van der Waals surface area contributed by atoms with Gasteiger partial charge in [0.15, 0.2) is 0 Å². The zero-order valence-corrected chi connectivity index (χ0v) is 10.9. The monoisotopic (exact) mass is 243 g/mol. The molecule has 0 radical (unpaired) electrons. The van der Waals surface area contributed by atoms with E-state index in [2.05, 4.69) is 12.2 Å². The number of aliphatic carboxylic acids is 1. The molecular formula is C13H25NO3. The van der Waals surface area contributed by atoms with Gasteiger partial charge in [-0.05, 0) is 25.2 Å². The van der Waals surface area contributed by atoms with Crippen LogP contribution in [0.25, 0.3) is 0 Å². The molecule has 0 bridgehead atoms. The minimum absolute atomic E-state index is 0.0326. The van der Waals surface area contributed by atoms with Crippen molar-refractivity contribution in [2.75, 3.05) is 6.61 Å². The Labute approximate surface area is 103 Å². The normalized spacial score (nSPS) is 31.1. The van der Waals surface area contributed by atoms with Crippen molar-refractivity contribution in [1.82, 2.24) is 5.32 Å². The van der Waals surface area contributed by atoms with Gasteiger partial charge in [0.2, 0.25) is 0 Å². The van der Waals surface area contributed by atoms with Crippen LogP contribution in [0.1, 0.15) is 52.4 Å². The first-order valence-corrected chi connectivity index (χ1v) is 6.64. The van der Waals surface area contributed by atoms with E-state index in [0.29, 0.717) is 12.3 Å². The van der Waals surface area contributed by atoms with E-state index in [-0.39, 0.29) is 12.1 Å². The minimum atomic E-state index is -0.807. The quantitative estimate of drug-likeness (QED) is 0.665. The van der Waals surface area contributed by atoms with Crippen molar-refractivity contribution in [2.45, 2.75) is 64.0 Å². The first kappa shape index (κ1) is 14.5. The predicted octanol–water partition coefficient (Wildman–Crippen LogP) is 1.77. The van der Waals surface area contributed by atoms with E-state index in [0.717, 1.165) is 25.7 Å². The highest BCUT2D eigenvalue weighted by atomic mass is 16.4. The fourth-order valence-electron chi connectivity index (χ4n) is 2.90. The molecule has 3 atom stereocenters. The summed E-state index contributed by atoms with van der Waals surface area (Å²) in [5.74, 6) is -0.252. The summed E-state index contributed by atoms with van der Waals surface area (Å²) in [4.78, 5) is 11.2. The van der Waals surface area contributed by atoms with Gasteiger partial charge in [-0.2, -0.15) is 0 Å². The number of rotatable bonds is 6. The Morgan fingerprint density at radius 2 is 2.29 bits per heavy atom. The Balaban J connectivity index is 2.68. The van der Waals surface area contributed by atoms with Crippen molar-refractivity contribution in [3.8, 4) is 0 Å². The average molecular weight is 243 g/mol. The molecule has 0 saturated heterocycles. The van der Waals surface area contributed by atoms with E-state index in [1.165, 1.54) is 6.42 Å². The van der Waals surface area contributed by atoms with Crippen LogP contribution in [0.4, 0.5) is 0 Å². The topological polar surface area (TPSA) is 69.6 Å². The summed E-state index contributed by atoms with van der Waals surface area (Å²) in [6.07, 6.45) is 5.44. The molecule has 0 aliphatic heterocycles. The van der Waals surface area contributed by atoms with E-state index in [4.69, 9.17) is 5.11 Å². The van der Waals surface area contributed by atoms with E-state index in [1.54, 1.807) is 0 Å². The fraction of sp³-hybridized carbons (Fsp3) is 0.923. The van der Waals surface area contributed by atoms with E-state index in [9.17, 15) is 9.90 Å². The van der Waals surface area contributed by atoms with Gasteiger partial charge in [-0.15, -0.1) is 0 Å². The second-order valence-corrected chi connectivity index (χ2v) is 5.46. The summed E-state index contributed by atoms with van der Waals surface area (Å²) < 4.78 is 0. The standard InChI is InChI=1S/C13H25NO3/c1-3-5-11(12(16)17)14-13(9-15)7-4-6-10(2)8-13/h10-11,14-15H,3-9H2,1-2H3,(H,16,17). The van der Waals surface area contributed by atoms with Crippen LogP contribution in [-0.2, 0) is 4.79 Å². The van der Waals surface area contributed by atoms with Crippen molar-refractivity contribution in [3.63, 3.8) is 0 Å². The third kappa shape index (κ3) is 3.96. The third-order valence-electron chi connectivity index (χ3n) is 3.75. The molecule has 1 fully saturated rings. The van der Waals surface area contributed by atoms with Crippen LogP contribution >= 0.6 is 0 Å². The van der Waals surface area contributed by atoms with Crippen LogP contribution in [0, 0.1) is 5.92 Å². The highest BCUT2D eigenvalue weighted by Crippen LogP contribution is 2.32. The Hall–Kier alpha value is -0.610. The molecule has 0 spiro atoms. The molecule has 0 heterocycles. The van der Waals surface area contributed by atoms with E-state index >= 15 is 0 Å². The number of aliphatic hydroxyl groups is 1. The highest BCUT2D eigenvalue weighted by Gasteiger charge is 2.37. The summed E-state index contributed by atoms with van der Waals surface area (Å²) in [6, 6.07) is -0.530. The number of hydrogen-bond donors (Lipinski definition) is 3. The molecule has 1 aliphatic carbocycles. The van der Waals surface area contributed by atoms with Gasteiger partial charge >= 0.3 is 5.97 Å². The van der Waals surface area contributed by atoms with Crippen molar-refractivity contribution >= 4 is 5.97 Å². The molecule has 4 heteroatoms. The van der Waals surface area contributed by atoms with Gasteiger partial charge in [-0.3, -0.25) is 10.1 Å². The molecule has 0 aromatic heterocycles. The zero-order valence-electron chi connectivity index (χ0n) is 10.9. The Kier molecular flexibility index (Phi) is 5.40. The summed E-state index contributed by atoms with van der Waals surface area (Å²) >= 11 is 0. The van der Waals surface area contributed by atoms with Crippen LogP contribution in [0.3, 0.4) is 0 Å². The van der Waals surface area contributed by atoms with Crippen molar-refractivity contribution < 1.29 is 15.0 Å². The second-order valence-electron chi connectivity index (χ2n) is 5.46. The average Bonchev–Trinajstić information content (AvgIpc) is 2.28. The molecule has 100 valence electrons. The Bertz CT molecular complexity index is 257. The molecule has 1 aliphatic rings. The largest absolute Gasteiger partial charge is 0.480 e. The van der Waals surface area contributed by atoms with E-state index < -0.39 is 12.0 Å². The second kappa shape index (κ2) is 6.36. The number of nitrogens with one attached hydrogen (secondary N) is 1. The summed E-state index contributed by atoms with van der Waals surface area (Å²) in [6.45, 7) is 4.18. The molecular weight excluding hydrogens is 218 g/mol. The lowest BCUT2D eigenvalue weighted by Gasteiger charge is -2.41. The molecule has 1 saturated carbocycles. The SMILES string of the molecule is CCCC(NC1(CO)CCCC(C)C1)C(=O)O. The van der Waals surface area contributed by atoms with Crippen LogP contribution in [-0.4, -0.2) is 34.4 Å². The van der Waals surface area contributed by atoms with Gasteiger partial charge in [0.1, 0.15) is 6.04 Å². The Morgan fingerprint density at radius 3 is 2.76 bits per heavy atom. The molecule has 17 heavy (non-hydrogen) atoms. The molecule has 3 N–H and O–H groups in total. The van der Waals surface area contributed by atoms with Gasteiger partial charge in [0.25, 0.3) is 0 Å². The van der Waals surface area contributed by atoms with Crippen LogP contribution in [0.2, 0.25) is 0 Å². The van der Waals surface area contributed by atoms with Gasteiger partial charge in [0, 0.05) is 5.54 Å². The van der Waals surface area contributed by atoms with Gasteiger partial charge in [0.05, 0.1) is 6.61 Å². The minimum Gasteiger partial charge on any atom is -0.480 e. The zero-order chi connectivity index (χ0) is 12.9. The Morgan fingerprint density at radius 1 is 1.59 bits per heavy atom. The number of carbonyl (C=O) groups is 1. The van der Waals surface area contributed by atoms with Crippen molar-refractivity contribution in [1.29, 1.82) is 0 Å². The summed E-state index contributed by atoms with van der Waals surface area (Å²) in [5.41, 5.74) is -0.379. The first-order valence-electron chi connectivity index (χ1n) is 6.64. The molecule has 4 nitrogen and oxygen atoms in total. The maximum absolute atomic E-state index is 11.2. The predicted molar refractivity (Wildman–Crippen MR) is 66.9 cm³/mol. The lowest BCUT2D eigenvalue weighted by molar-refractivity contribution is -0.140. The lowest BCUT2D eigenvalue weighted by atomic mass is 9.76. The fourth-order valence-corrected chi connectivity index (χ4v) is 2.90. The molecule has 0 aromatic rings. The van der Waals surface area contributed by atoms with Crippen LogP contribution < -0.4 is 5.32 Å². The summed E-state index contributed by atoms with van der Waals surface area (Å²) in [5, 5.41) is 22.0. The highest BCUT2D eigenvalue weighted by molar-refractivity contribution is 5.73. The van der Waals surface area contributed by atoms with Crippen LogP contribution in [0.5, 0.6) is 0 Å². The van der Waals surface area contributed by atoms with Gasteiger partial charge in [-0.25, -0.2) is 0 Å². The van der Waals surface area contributed by atoms with E-state index in [1.807, 2.05) is 6.92 Å². The summed E-state index contributed by atoms with van der Waals surface area (Å²) in [7, 11) is 0. The van der Waals surface area contributed by atoms with Crippen LogP contribution in [0.15, 0.2) is 0 Å². The van der Waals surface area contributed by atoms with Crippen molar-refractivity contribution in [2.24, 2.45) is 5.92 Å². The molecule has 3 unspecified atom stereocenters. The maximum atomic E-state index is 11.2. The van der Waals surface area contributed by atoms with Crippen molar-refractivity contribution in [3.05, 3.63) is 0 Å². The maximum Gasteiger partial charge on any atom is 0.320 e. The first-order chi connectivity index (χ1) is 8.03. The third-order valence-corrected chi connectivity index (χ3v) is 3.75.